The second kappa shape index (κ2) is 4.40. The standard InChI is InChI=1S/C8H12N2O4S2/c1-15(11,12)9-10(16(2,13)14)8-6-4-3-5-7-8/h3-7,9H,1-2H3. The van der Waals surface area contributed by atoms with Crippen LogP contribution in [-0.4, -0.2) is 29.3 Å². The van der Waals surface area contributed by atoms with Crippen molar-refractivity contribution in [1.82, 2.24) is 4.83 Å². The topological polar surface area (TPSA) is 83.6 Å². The lowest BCUT2D eigenvalue weighted by atomic mass is 10.3. The zero-order valence-electron chi connectivity index (χ0n) is 8.78. The first-order valence-electron chi connectivity index (χ1n) is 4.23. The molecule has 0 fully saturated rings. The van der Waals surface area contributed by atoms with Crippen LogP contribution in [0.15, 0.2) is 30.3 Å². The Morgan fingerprint density at radius 2 is 1.50 bits per heavy atom. The van der Waals surface area contributed by atoms with E-state index in [9.17, 15) is 16.8 Å². The number of nitrogens with one attached hydrogen (secondary N) is 1. The van der Waals surface area contributed by atoms with Crippen LogP contribution in [0.5, 0.6) is 0 Å². The van der Waals surface area contributed by atoms with Crippen LogP contribution in [0.2, 0.25) is 0 Å². The highest BCUT2D eigenvalue weighted by molar-refractivity contribution is 7.94. The molecule has 0 unspecified atom stereocenters. The second-order valence-corrected chi connectivity index (χ2v) is 6.78. The number of benzene rings is 1. The maximum Gasteiger partial charge on any atom is 0.246 e. The van der Waals surface area contributed by atoms with E-state index in [4.69, 9.17) is 0 Å². The van der Waals surface area contributed by atoms with Gasteiger partial charge in [-0.05, 0) is 12.1 Å². The lowest BCUT2D eigenvalue weighted by Gasteiger charge is -2.21. The number of sulfonamides is 2. The van der Waals surface area contributed by atoms with Crippen LogP contribution in [0.1, 0.15) is 0 Å². The molecule has 0 atom stereocenters. The van der Waals surface area contributed by atoms with Gasteiger partial charge in [-0.15, -0.1) is 4.83 Å². The molecule has 1 rings (SSSR count). The quantitative estimate of drug-likeness (QED) is 0.771. The predicted molar refractivity (Wildman–Crippen MR) is 61.7 cm³/mol. The summed E-state index contributed by atoms with van der Waals surface area (Å²) in [6.45, 7) is 0. The molecular weight excluding hydrogens is 252 g/mol. The van der Waals surface area contributed by atoms with Crippen molar-refractivity contribution in [3.63, 3.8) is 0 Å². The number of hydrogen-bond donors (Lipinski definition) is 1. The van der Waals surface area contributed by atoms with Gasteiger partial charge in [0.2, 0.25) is 20.0 Å². The maximum atomic E-state index is 11.4. The molecule has 0 aliphatic carbocycles. The van der Waals surface area contributed by atoms with Crippen LogP contribution < -0.4 is 9.25 Å². The lowest BCUT2D eigenvalue weighted by molar-refractivity contribution is 0.576. The molecule has 0 aliphatic heterocycles. The Morgan fingerprint density at radius 3 is 1.88 bits per heavy atom. The summed E-state index contributed by atoms with van der Waals surface area (Å²) in [5.74, 6) is 0. The zero-order chi connectivity index (χ0) is 12.4. The van der Waals surface area contributed by atoms with E-state index >= 15 is 0 Å². The molecule has 0 radical (unpaired) electrons. The Hall–Kier alpha value is -1.12. The van der Waals surface area contributed by atoms with Crippen LogP contribution in [0.4, 0.5) is 5.69 Å². The molecule has 0 heterocycles. The number of rotatable bonds is 4. The Morgan fingerprint density at radius 1 is 1.00 bits per heavy atom. The smallest absolute Gasteiger partial charge is 0.211 e. The van der Waals surface area contributed by atoms with Gasteiger partial charge in [0.25, 0.3) is 0 Å². The summed E-state index contributed by atoms with van der Waals surface area (Å²) in [4.78, 5) is 1.93. The van der Waals surface area contributed by atoms with E-state index in [2.05, 4.69) is 0 Å². The number of para-hydroxylation sites is 1. The summed E-state index contributed by atoms with van der Waals surface area (Å²) in [5.41, 5.74) is 0.232. The van der Waals surface area contributed by atoms with Crippen LogP contribution in [0, 0.1) is 0 Å². The van der Waals surface area contributed by atoms with Gasteiger partial charge in [-0.3, -0.25) is 0 Å². The van der Waals surface area contributed by atoms with E-state index in [1.807, 2.05) is 4.83 Å². The number of hydrazine groups is 1. The van der Waals surface area contributed by atoms with E-state index < -0.39 is 20.0 Å². The van der Waals surface area contributed by atoms with Crippen molar-refractivity contribution in [2.24, 2.45) is 0 Å². The van der Waals surface area contributed by atoms with E-state index in [-0.39, 0.29) is 5.69 Å². The SMILES string of the molecule is CS(=O)(=O)NN(c1ccccc1)S(C)(=O)=O. The highest BCUT2D eigenvalue weighted by Crippen LogP contribution is 2.14. The first-order valence-corrected chi connectivity index (χ1v) is 7.97. The summed E-state index contributed by atoms with van der Waals surface area (Å²) in [7, 11) is -7.37. The number of nitrogens with zero attached hydrogens (tertiary/aromatic N) is 1. The Labute approximate surface area is 95.0 Å². The molecule has 0 aromatic heterocycles. The molecule has 1 aromatic carbocycles. The van der Waals surface area contributed by atoms with Crippen LogP contribution in [0.25, 0.3) is 0 Å². The first kappa shape index (κ1) is 12.9. The van der Waals surface area contributed by atoms with Crippen LogP contribution in [0.3, 0.4) is 0 Å². The predicted octanol–water partition coefficient (Wildman–Crippen LogP) is -0.0832. The molecule has 1 N–H and O–H groups in total. The van der Waals surface area contributed by atoms with Gasteiger partial charge < -0.3 is 0 Å². The number of anilines is 1. The summed E-state index contributed by atoms with van der Waals surface area (Å²) < 4.78 is 45.5. The van der Waals surface area contributed by atoms with Gasteiger partial charge >= 0.3 is 0 Å². The normalized spacial score (nSPS) is 12.4. The van der Waals surface area contributed by atoms with Gasteiger partial charge in [0, 0.05) is 0 Å². The van der Waals surface area contributed by atoms with Crippen LogP contribution >= 0.6 is 0 Å². The van der Waals surface area contributed by atoms with Crippen molar-refractivity contribution < 1.29 is 16.8 Å². The second-order valence-electron chi connectivity index (χ2n) is 3.23. The van der Waals surface area contributed by atoms with Crippen molar-refractivity contribution >= 4 is 25.7 Å². The minimum absolute atomic E-state index is 0.232. The molecule has 16 heavy (non-hydrogen) atoms. The molecule has 0 spiro atoms. The van der Waals surface area contributed by atoms with Crippen molar-refractivity contribution in [1.29, 1.82) is 0 Å². The van der Waals surface area contributed by atoms with Crippen molar-refractivity contribution in [3.05, 3.63) is 30.3 Å². The fourth-order valence-corrected chi connectivity index (χ4v) is 2.88. The summed E-state index contributed by atoms with van der Waals surface area (Å²) in [5, 5.41) is 0. The Balaban J connectivity index is 3.19. The third-order valence-corrected chi connectivity index (χ3v) is 3.17. The van der Waals surface area contributed by atoms with E-state index in [1.54, 1.807) is 18.2 Å². The largest absolute Gasteiger partial charge is 0.246 e. The first-order chi connectivity index (χ1) is 7.20. The Kier molecular flexibility index (Phi) is 3.56. The highest BCUT2D eigenvalue weighted by atomic mass is 32.2. The molecule has 8 heteroatoms. The molecule has 0 amide bonds. The van der Waals surface area contributed by atoms with Crippen molar-refractivity contribution in [3.8, 4) is 0 Å². The third kappa shape index (κ3) is 3.80. The average Bonchev–Trinajstić information content (AvgIpc) is 2.13. The monoisotopic (exact) mass is 264 g/mol. The lowest BCUT2D eigenvalue weighted by Crippen LogP contribution is -2.45. The van der Waals surface area contributed by atoms with Gasteiger partial charge in [0.1, 0.15) is 0 Å². The van der Waals surface area contributed by atoms with Gasteiger partial charge in [-0.1, -0.05) is 18.2 Å². The number of hydrogen-bond acceptors (Lipinski definition) is 4. The molecule has 90 valence electrons. The fourth-order valence-electron chi connectivity index (χ4n) is 1.03. The molecule has 1 aromatic rings. The third-order valence-electron chi connectivity index (χ3n) is 1.57. The van der Waals surface area contributed by atoms with Gasteiger partial charge in [-0.2, -0.15) is 4.41 Å². The molecule has 0 bridgehead atoms. The summed E-state index contributed by atoms with van der Waals surface area (Å²) >= 11 is 0. The average molecular weight is 264 g/mol. The maximum absolute atomic E-state index is 11.4. The van der Waals surface area contributed by atoms with Crippen molar-refractivity contribution in [2.45, 2.75) is 0 Å². The van der Waals surface area contributed by atoms with Crippen molar-refractivity contribution in [2.75, 3.05) is 16.9 Å². The summed E-state index contributed by atoms with van der Waals surface area (Å²) in [6, 6.07) is 7.89. The van der Waals surface area contributed by atoms with Gasteiger partial charge in [0.05, 0.1) is 18.2 Å². The Bertz CT molecular complexity index is 551. The molecular formula is C8H12N2O4S2. The van der Waals surface area contributed by atoms with E-state index in [0.717, 1.165) is 12.5 Å². The highest BCUT2D eigenvalue weighted by Gasteiger charge is 2.20. The zero-order valence-corrected chi connectivity index (χ0v) is 10.4. The molecule has 0 aliphatic rings. The fraction of sp³-hybridized carbons (Fsp3) is 0.250. The minimum Gasteiger partial charge on any atom is -0.211 e. The van der Waals surface area contributed by atoms with Crippen LogP contribution in [-0.2, 0) is 20.0 Å². The molecule has 0 saturated carbocycles. The van der Waals surface area contributed by atoms with Gasteiger partial charge in [0.15, 0.2) is 0 Å². The molecule has 6 nitrogen and oxygen atoms in total. The van der Waals surface area contributed by atoms with E-state index in [0.29, 0.717) is 4.41 Å². The van der Waals surface area contributed by atoms with Gasteiger partial charge in [-0.25, -0.2) is 16.8 Å². The summed E-state index contributed by atoms with van der Waals surface area (Å²) in [6.07, 6.45) is 1.80. The van der Waals surface area contributed by atoms with E-state index in [1.165, 1.54) is 12.1 Å². The molecule has 0 saturated heterocycles. The minimum atomic E-state index is -3.71.